The van der Waals surface area contributed by atoms with E-state index in [4.69, 9.17) is 12.2 Å². The smallest absolute Gasteiger partial charge is 0.250 e. The summed E-state index contributed by atoms with van der Waals surface area (Å²) < 4.78 is 0. The Labute approximate surface area is 217 Å². The molecule has 1 aromatic heterocycles. The third-order valence-corrected chi connectivity index (χ3v) is 6.24. The van der Waals surface area contributed by atoms with Gasteiger partial charge in [-0.1, -0.05) is 64.1 Å². The Morgan fingerprint density at radius 3 is 2.03 bits per heavy atom. The number of aromatic nitrogens is 3. The highest BCUT2D eigenvalue weighted by Gasteiger charge is 2.11. The summed E-state index contributed by atoms with van der Waals surface area (Å²) in [6.07, 6.45) is 3.25. The summed E-state index contributed by atoms with van der Waals surface area (Å²) in [6, 6.07) is 20.2. The summed E-state index contributed by atoms with van der Waals surface area (Å²) >= 11 is 5.37. The van der Waals surface area contributed by atoms with Gasteiger partial charge in [0.25, 0.3) is 0 Å². The molecule has 6 nitrogen and oxygen atoms in total. The Morgan fingerprint density at radius 2 is 1.44 bits per heavy atom. The van der Waals surface area contributed by atoms with Gasteiger partial charge in [-0.05, 0) is 83.6 Å². The number of carbonyl (C=O) groups excluding carboxylic acids is 1. The molecule has 1 amide bonds. The molecule has 184 valence electrons. The van der Waals surface area contributed by atoms with Crippen LogP contribution in [0.15, 0.2) is 66.7 Å². The maximum absolute atomic E-state index is 12.4. The Kier molecular flexibility index (Phi) is 7.60. The number of nitrogens with zero attached hydrogens (tertiary/aromatic N) is 3. The van der Waals surface area contributed by atoms with Crippen molar-refractivity contribution in [3.63, 3.8) is 0 Å². The molecule has 7 heteroatoms. The highest BCUT2D eigenvalue weighted by Crippen LogP contribution is 2.23. The average molecular weight is 498 g/mol. The number of anilines is 1. The van der Waals surface area contributed by atoms with Crippen LogP contribution in [-0.4, -0.2) is 26.0 Å². The predicted molar refractivity (Wildman–Crippen MR) is 152 cm³/mol. The Balaban J connectivity index is 1.42. The van der Waals surface area contributed by atoms with Gasteiger partial charge in [0, 0.05) is 11.8 Å². The second-order valence-electron chi connectivity index (χ2n) is 9.49. The normalized spacial score (nSPS) is 11.5. The number of carbonyl (C=O) groups is 1. The summed E-state index contributed by atoms with van der Waals surface area (Å²) in [5.74, 6) is 0.643. The van der Waals surface area contributed by atoms with E-state index in [2.05, 4.69) is 72.8 Å². The zero-order chi connectivity index (χ0) is 25.8. The van der Waals surface area contributed by atoms with Gasteiger partial charge in [-0.2, -0.15) is 4.80 Å². The molecule has 0 saturated heterocycles. The molecule has 0 aliphatic heterocycles. The summed E-state index contributed by atoms with van der Waals surface area (Å²) in [4.78, 5) is 14.0. The molecule has 0 unspecified atom stereocenters. The fraction of sp³-hybridized carbons (Fsp3) is 0.241. The van der Waals surface area contributed by atoms with Crippen molar-refractivity contribution >= 4 is 46.0 Å². The van der Waals surface area contributed by atoms with Crippen molar-refractivity contribution in [1.29, 1.82) is 0 Å². The van der Waals surface area contributed by atoms with Crippen LogP contribution >= 0.6 is 12.2 Å². The third-order valence-electron chi connectivity index (χ3n) is 6.03. The second kappa shape index (κ2) is 10.8. The number of benzene rings is 3. The molecule has 1 heterocycles. The topological polar surface area (TPSA) is 71.8 Å². The zero-order valence-electron chi connectivity index (χ0n) is 21.2. The van der Waals surface area contributed by atoms with Gasteiger partial charge in [0.15, 0.2) is 5.11 Å². The van der Waals surface area contributed by atoms with Crippen LogP contribution in [0.25, 0.3) is 22.8 Å². The number of nitrogens with one attached hydrogen (secondary N) is 2. The van der Waals surface area contributed by atoms with E-state index in [0.717, 1.165) is 33.5 Å². The first-order valence-electron chi connectivity index (χ1n) is 12.1. The Morgan fingerprint density at radius 1 is 0.889 bits per heavy atom. The lowest BCUT2D eigenvalue weighted by molar-refractivity contribution is -0.115. The third kappa shape index (κ3) is 6.04. The molecule has 0 bridgehead atoms. The Hall–Kier alpha value is -3.84. The maximum Gasteiger partial charge on any atom is 0.250 e. The zero-order valence-corrected chi connectivity index (χ0v) is 22.1. The summed E-state index contributed by atoms with van der Waals surface area (Å²) in [6.45, 7) is 10.6. The monoisotopic (exact) mass is 497 g/mol. The summed E-state index contributed by atoms with van der Waals surface area (Å²) in [7, 11) is 0. The van der Waals surface area contributed by atoms with Gasteiger partial charge in [-0.25, -0.2) is 0 Å². The molecule has 0 aliphatic rings. The van der Waals surface area contributed by atoms with Crippen molar-refractivity contribution in [3.05, 3.63) is 89.0 Å². The lowest BCUT2D eigenvalue weighted by Crippen LogP contribution is -2.33. The number of fused-ring (bicyclic) bond motifs is 1. The minimum atomic E-state index is -0.296. The van der Waals surface area contributed by atoms with Crippen LogP contribution in [0.2, 0.25) is 0 Å². The van der Waals surface area contributed by atoms with Crippen LogP contribution < -0.4 is 10.6 Å². The summed E-state index contributed by atoms with van der Waals surface area (Å²) in [5, 5.41) is 15.3. The fourth-order valence-corrected chi connectivity index (χ4v) is 3.99. The molecule has 36 heavy (non-hydrogen) atoms. The molecule has 0 spiro atoms. The number of hydrogen-bond donors (Lipinski definition) is 2. The van der Waals surface area contributed by atoms with Gasteiger partial charge in [0.1, 0.15) is 11.0 Å². The van der Waals surface area contributed by atoms with Gasteiger partial charge >= 0.3 is 0 Å². The molecular weight excluding hydrogens is 466 g/mol. The first kappa shape index (κ1) is 25.3. The Bertz CT molecular complexity index is 1420. The van der Waals surface area contributed by atoms with Crippen LogP contribution in [0.4, 0.5) is 5.69 Å². The standard InChI is InChI=1S/C29H31N5OS/c1-18(2)22-9-6-21(7-10-22)8-15-28(35)31-29(36)30-25-17-27-26(16-20(25)5)32-34(33-27)24-13-11-23(12-14-24)19(3)4/h6-19H,1-5H3,(H2,30,31,35,36)/b15-8+. The number of thiocarbonyl (C=S) groups is 1. The van der Waals surface area contributed by atoms with Gasteiger partial charge in [0.05, 0.1) is 5.69 Å². The minimum Gasteiger partial charge on any atom is -0.332 e. The van der Waals surface area contributed by atoms with Crippen molar-refractivity contribution in [2.24, 2.45) is 0 Å². The SMILES string of the molecule is Cc1cc2nn(-c3ccc(C(C)C)cc3)nc2cc1NC(=S)NC(=O)/C=C/c1ccc(C(C)C)cc1. The van der Waals surface area contributed by atoms with E-state index >= 15 is 0 Å². The van der Waals surface area contributed by atoms with Crippen molar-refractivity contribution < 1.29 is 4.79 Å². The number of aryl methyl sites for hydroxylation is 1. The lowest BCUT2D eigenvalue weighted by atomic mass is 10.0. The molecule has 0 saturated carbocycles. The minimum absolute atomic E-state index is 0.221. The second-order valence-corrected chi connectivity index (χ2v) is 9.90. The van der Waals surface area contributed by atoms with Gasteiger partial charge in [-0.15, -0.1) is 10.2 Å². The van der Waals surface area contributed by atoms with E-state index < -0.39 is 0 Å². The molecule has 0 aliphatic carbocycles. The number of hydrogen-bond acceptors (Lipinski definition) is 4. The molecule has 2 N–H and O–H groups in total. The first-order chi connectivity index (χ1) is 17.2. The maximum atomic E-state index is 12.4. The van der Waals surface area contributed by atoms with Crippen LogP contribution in [0, 0.1) is 6.92 Å². The van der Waals surface area contributed by atoms with Crippen LogP contribution in [0.3, 0.4) is 0 Å². The van der Waals surface area contributed by atoms with Crippen molar-refractivity contribution in [3.8, 4) is 5.69 Å². The van der Waals surface area contributed by atoms with E-state index in [-0.39, 0.29) is 11.0 Å². The van der Waals surface area contributed by atoms with Crippen molar-refractivity contribution in [2.45, 2.75) is 46.5 Å². The average Bonchev–Trinajstić information content (AvgIpc) is 3.26. The van der Waals surface area contributed by atoms with E-state index in [1.165, 1.54) is 17.2 Å². The van der Waals surface area contributed by atoms with E-state index in [1.54, 1.807) is 10.9 Å². The van der Waals surface area contributed by atoms with E-state index in [9.17, 15) is 4.79 Å². The molecule has 4 rings (SSSR count). The molecular formula is C29H31N5OS. The van der Waals surface area contributed by atoms with Crippen LogP contribution in [-0.2, 0) is 4.79 Å². The highest BCUT2D eigenvalue weighted by atomic mass is 32.1. The number of rotatable bonds is 6. The lowest BCUT2D eigenvalue weighted by Gasteiger charge is -2.10. The van der Waals surface area contributed by atoms with Crippen molar-refractivity contribution in [1.82, 2.24) is 20.3 Å². The molecule has 0 radical (unpaired) electrons. The largest absolute Gasteiger partial charge is 0.332 e. The molecule has 0 fully saturated rings. The fourth-order valence-electron chi connectivity index (χ4n) is 3.78. The predicted octanol–water partition coefficient (Wildman–Crippen LogP) is 6.50. The highest BCUT2D eigenvalue weighted by molar-refractivity contribution is 7.80. The number of amides is 1. The molecule has 3 aromatic carbocycles. The molecule has 0 atom stereocenters. The van der Waals surface area contributed by atoms with Crippen molar-refractivity contribution in [2.75, 3.05) is 5.32 Å². The van der Waals surface area contributed by atoms with Crippen LogP contribution in [0.5, 0.6) is 0 Å². The molecule has 4 aromatic rings. The van der Waals surface area contributed by atoms with Gasteiger partial charge < -0.3 is 5.32 Å². The first-order valence-corrected chi connectivity index (χ1v) is 12.5. The summed E-state index contributed by atoms with van der Waals surface area (Å²) in [5.41, 5.74) is 7.62. The van der Waals surface area contributed by atoms with E-state index in [0.29, 0.717) is 11.8 Å². The van der Waals surface area contributed by atoms with Crippen LogP contribution in [0.1, 0.15) is 61.8 Å². The van der Waals surface area contributed by atoms with Gasteiger partial charge in [-0.3, -0.25) is 10.1 Å². The quantitative estimate of drug-likeness (QED) is 0.235. The van der Waals surface area contributed by atoms with E-state index in [1.807, 2.05) is 43.3 Å². The van der Waals surface area contributed by atoms with Gasteiger partial charge in [0.2, 0.25) is 5.91 Å².